The lowest BCUT2D eigenvalue weighted by molar-refractivity contribution is 0.199. The standard InChI is InChI=1S/C7H16ClNO/c1-10-7-6-9-5-3-2-4-8/h9H,2-7H2,1H3. The molecule has 3 heteroatoms. The smallest absolute Gasteiger partial charge is 0.0587 e. The molecule has 62 valence electrons. The normalized spacial score (nSPS) is 10.2. The molecular formula is C7H16ClNO. The van der Waals surface area contributed by atoms with Gasteiger partial charge in [0.05, 0.1) is 6.61 Å². The molecule has 0 atom stereocenters. The van der Waals surface area contributed by atoms with E-state index < -0.39 is 0 Å². The Balaban J connectivity index is 2.65. The van der Waals surface area contributed by atoms with Crippen molar-refractivity contribution in [3.8, 4) is 0 Å². The van der Waals surface area contributed by atoms with Crippen molar-refractivity contribution in [3.05, 3.63) is 0 Å². The molecule has 0 aromatic heterocycles. The van der Waals surface area contributed by atoms with Crippen LogP contribution in [0.5, 0.6) is 0 Å². The van der Waals surface area contributed by atoms with Crippen LogP contribution < -0.4 is 5.32 Å². The molecule has 0 radical (unpaired) electrons. The fraction of sp³-hybridized carbons (Fsp3) is 1.00. The summed E-state index contributed by atoms with van der Waals surface area (Å²) in [6.07, 6.45) is 2.26. The van der Waals surface area contributed by atoms with Crippen LogP contribution in [0.15, 0.2) is 0 Å². The second-order valence-corrected chi connectivity index (χ2v) is 2.52. The summed E-state index contributed by atoms with van der Waals surface area (Å²) < 4.78 is 4.86. The molecule has 0 heterocycles. The Morgan fingerprint density at radius 1 is 1.30 bits per heavy atom. The van der Waals surface area contributed by atoms with Crippen LogP contribution in [0.1, 0.15) is 12.8 Å². The molecule has 0 aliphatic rings. The Hall–Kier alpha value is 0.210. The minimum atomic E-state index is 0.770. The molecule has 0 spiro atoms. The first kappa shape index (κ1) is 10.2. The van der Waals surface area contributed by atoms with Gasteiger partial charge in [-0.15, -0.1) is 11.6 Å². The monoisotopic (exact) mass is 165 g/mol. The summed E-state index contributed by atoms with van der Waals surface area (Å²) in [5, 5.41) is 3.24. The van der Waals surface area contributed by atoms with Crippen molar-refractivity contribution in [2.45, 2.75) is 12.8 Å². The molecule has 0 fully saturated rings. The molecule has 10 heavy (non-hydrogen) atoms. The zero-order valence-corrected chi connectivity index (χ0v) is 7.28. The van der Waals surface area contributed by atoms with Crippen molar-refractivity contribution < 1.29 is 4.74 Å². The summed E-state index contributed by atoms with van der Waals surface area (Å²) in [6.45, 7) is 2.79. The molecule has 0 saturated heterocycles. The van der Waals surface area contributed by atoms with E-state index in [-0.39, 0.29) is 0 Å². The van der Waals surface area contributed by atoms with Crippen molar-refractivity contribution >= 4 is 11.6 Å². The zero-order chi connectivity index (χ0) is 7.66. The van der Waals surface area contributed by atoms with E-state index in [0.717, 1.165) is 38.4 Å². The third-order valence-corrected chi connectivity index (χ3v) is 1.49. The molecule has 0 aromatic rings. The van der Waals surface area contributed by atoms with E-state index in [9.17, 15) is 0 Å². The van der Waals surface area contributed by atoms with E-state index in [1.54, 1.807) is 7.11 Å². The van der Waals surface area contributed by atoms with Gasteiger partial charge in [-0.3, -0.25) is 0 Å². The van der Waals surface area contributed by atoms with Crippen LogP contribution >= 0.6 is 11.6 Å². The van der Waals surface area contributed by atoms with E-state index in [0.29, 0.717) is 0 Å². The van der Waals surface area contributed by atoms with Crippen LogP contribution in [0, 0.1) is 0 Å². The second kappa shape index (κ2) is 9.21. The highest BCUT2D eigenvalue weighted by Crippen LogP contribution is 1.88. The van der Waals surface area contributed by atoms with E-state index in [1.807, 2.05) is 0 Å². The number of methoxy groups -OCH3 is 1. The summed E-state index contributed by atoms with van der Waals surface area (Å²) in [6, 6.07) is 0. The van der Waals surface area contributed by atoms with Gasteiger partial charge in [-0.2, -0.15) is 0 Å². The first-order valence-corrected chi connectivity index (χ1v) is 4.21. The molecule has 1 N–H and O–H groups in total. The van der Waals surface area contributed by atoms with E-state index >= 15 is 0 Å². The maximum atomic E-state index is 5.49. The minimum absolute atomic E-state index is 0.770. The number of hydrogen-bond donors (Lipinski definition) is 1. The molecular weight excluding hydrogens is 150 g/mol. The van der Waals surface area contributed by atoms with Gasteiger partial charge in [-0.05, 0) is 19.4 Å². The summed E-state index contributed by atoms with van der Waals surface area (Å²) in [4.78, 5) is 0. The van der Waals surface area contributed by atoms with Crippen molar-refractivity contribution in [2.24, 2.45) is 0 Å². The number of ether oxygens (including phenoxy) is 1. The van der Waals surface area contributed by atoms with Crippen LogP contribution in [-0.4, -0.2) is 32.7 Å². The Bertz CT molecular complexity index is 53.6. The minimum Gasteiger partial charge on any atom is -0.383 e. The third kappa shape index (κ3) is 8.21. The lowest BCUT2D eigenvalue weighted by atomic mass is 10.3. The molecule has 0 aliphatic carbocycles. The van der Waals surface area contributed by atoms with Crippen LogP contribution in [0.2, 0.25) is 0 Å². The molecule has 0 rings (SSSR count). The topological polar surface area (TPSA) is 21.3 Å². The average molecular weight is 166 g/mol. The van der Waals surface area contributed by atoms with Gasteiger partial charge in [-0.25, -0.2) is 0 Å². The summed E-state index contributed by atoms with van der Waals surface area (Å²) in [5.41, 5.74) is 0. The first-order chi connectivity index (χ1) is 4.91. The lowest BCUT2D eigenvalue weighted by Gasteiger charge is -2.01. The highest BCUT2D eigenvalue weighted by Gasteiger charge is 1.86. The van der Waals surface area contributed by atoms with Gasteiger partial charge >= 0.3 is 0 Å². The largest absolute Gasteiger partial charge is 0.383 e. The predicted octanol–water partition coefficient (Wildman–Crippen LogP) is 1.24. The third-order valence-electron chi connectivity index (χ3n) is 1.22. The Kier molecular flexibility index (Phi) is 9.40. The molecule has 0 unspecified atom stereocenters. The summed E-state index contributed by atoms with van der Waals surface area (Å²) in [5.74, 6) is 0.770. The van der Waals surface area contributed by atoms with Crippen molar-refractivity contribution in [1.29, 1.82) is 0 Å². The molecule has 0 saturated carbocycles. The van der Waals surface area contributed by atoms with Gasteiger partial charge in [0.25, 0.3) is 0 Å². The van der Waals surface area contributed by atoms with Crippen LogP contribution in [0.4, 0.5) is 0 Å². The van der Waals surface area contributed by atoms with Crippen molar-refractivity contribution in [3.63, 3.8) is 0 Å². The highest BCUT2D eigenvalue weighted by molar-refractivity contribution is 6.17. The highest BCUT2D eigenvalue weighted by atomic mass is 35.5. The number of nitrogens with one attached hydrogen (secondary N) is 1. The second-order valence-electron chi connectivity index (χ2n) is 2.14. The number of unbranched alkanes of at least 4 members (excludes halogenated alkanes) is 1. The van der Waals surface area contributed by atoms with E-state index in [1.165, 1.54) is 0 Å². The summed E-state index contributed by atoms with van der Waals surface area (Å²) >= 11 is 5.49. The fourth-order valence-electron chi connectivity index (χ4n) is 0.644. The number of alkyl halides is 1. The molecule has 0 amide bonds. The van der Waals surface area contributed by atoms with Crippen molar-refractivity contribution in [2.75, 3.05) is 32.7 Å². The van der Waals surface area contributed by atoms with Crippen LogP contribution in [0.25, 0.3) is 0 Å². The number of rotatable bonds is 7. The Labute approximate surface area is 67.9 Å². The van der Waals surface area contributed by atoms with Gasteiger partial charge < -0.3 is 10.1 Å². The fourth-order valence-corrected chi connectivity index (χ4v) is 0.833. The van der Waals surface area contributed by atoms with Gasteiger partial charge in [0.15, 0.2) is 0 Å². The van der Waals surface area contributed by atoms with E-state index in [2.05, 4.69) is 5.32 Å². The predicted molar refractivity (Wildman–Crippen MR) is 44.7 cm³/mol. The average Bonchev–Trinajstić information content (AvgIpc) is 1.97. The van der Waals surface area contributed by atoms with Gasteiger partial charge in [-0.1, -0.05) is 0 Å². The van der Waals surface area contributed by atoms with Gasteiger partial charge in [0, 0.05) is 19.5 Å². The molecule has 2 nitrogen and oxygen atoms in total. The van der Waals surface area contributed by atoms with Crippen molar-refractivity contribution in [1.82, 2.24) is 5.32 Å². The number of hydrogen-bond acceptors (Lipinski definition) is 2. The Morgan fingerprint density at radius 3 is 2.70 bits per heavy atom. The van der Waals surface area contributed by atoms with E-state index in [4.69, 9.17) is 16.3 Å². The SMILES string of the molecule is COCCNCCCCCl. The Morgan fingerprint density at radius 2 is 2.10 bits per heavy atom. The summed E-state index contributed by atoms with van der Waals surface area (Å²) in [7, 11) is 1.71. The molecule has 0 bridgehead atoms. The van der Waals surface area contributed by atoms with Gasteiger partial charge in [0.2, 0.25) is 0 Å². The van der Waals surface area contributed by atoms with Crippen LogP contribution in [-0.2, 0) is 4.74 Å². The van der Waals surface area contributed by atoms with Gasteiger partial charge in [0.1, 0.15) is 0 Å². The maximum absolute atomic E-state index is 5.49. The molecule has 0 aliphatic heterocycles. The molecule has 0 aromatic carbocycles. The first-order valence-electron chi connectivity index (χ1n) is 3.67. The van der Waals surface area contributed by atoms with Crippen LogP contribution in [0.3, 0.4) is 0 Å². The number of halogens is 1. The maximum Gasteiger partial charge on any atom is 0.0587 e. The quantitative estimate of drug-likeness (QED) is 0.453. The zero-order valence-electron chi connectivity index (χ0n) is 6.53. The lowest BCUT2D eigenvalue weighted by Crippen LogP contribution is -2.20.